The first-order chi connectivity index (χ1) is 24.8. The molecular formula is C46H28BNO2. The average molecular weight is 638 g/mol. The average Bonchev–Trinajstić information content (AvgIpc) is 3.18. The van der Waals surface area contributed by atoms with Crippen molar-refractivity contribution in [2.24, 2.45) is 0 Å². The largest absolute Gasteiger partial charge is 0.458 e. The number of hydrogen-bond acceptors (Lipinski definition) is 3. The summed E-state index contributed by atoms with van der Waals surface area (Å²) < 4.78 is 13.7. The van der Waals surface area contributed by atoms with Crippen LogP contribution < -0.4 is 30.8 Å². The maximum Gasteiger partial charge on any atom is 0.261 e. The SMILES string of the molecule is c1ccc(N(c2ccccc2)c2cc3c(c4ccccc24)B2c4cc5c6ccccc6c6ccccc6c5cc4Oc4cccc(c42)O3)cc1. The second-order valence-electron chi connectivity index (χ2n) is 13.2. The Kier molecular flexibility index (Phi) is 5.76. The molecule has 2 heterocycles. The van der Waals surface area contributed by atoms with E-state index in [0.29, 0.717) is 0 Å². The molecule has 3 nitrogen and oxygen atoms in total. The Labute approximate surface area is 289 Å². The first kappa shape index (κ1) is 27.4. The van der Waals surface area contributed by atoms with Crippen molar-refractivity contribution in [3.05, 3.63) is 170 Å². The Morgan fingerprint density at radius 3 is 1.42 bits per heavy atom. The Morgan fingerprint density at radius 2 is 0.820 bits per heavy atom. The predicted octanol–water partition coefficient (Wildman–Crippen LogP) is 10.5. The Balaban J connectivity index is 1.22. The predicted molar refractivity (Wildman–Crippen MR) is 209 cm³/mol. The molecule has 4 heteroatoms. The molecule has 0 bridgehead atoms. The lowest BCUT2D eigenvalue weighted by molar-refractivity contribution is 0.465. The van der Waals surface area contributed by atoms with Crippen molar-refractivity contribution in [3.63, 3.8) is 0 Å². The summed E-state index contributed by atoms with van der Waals surface area (Å²) in [5, 5.41) is 9.76. The number of anilines is 3. The van der Waals surface area contributed by atoms with Gasteiger partial charge in [-0.1, -0.05) is 121 Å². The van der Waals surface area contributed by atoms with Crippen molar-refractivity contribution in [1.29, 1.82) is 0 Å². The third-order valence-electron chi connectivity index (χ3n) is 10.5. The number of ether oxygens (including phenoxy) is 2. The maximum absolute atomic E-state index is 6.92. The van der Waals surface area contributed by atoms with Crippen LogP contribution in [0.15, 0.2) is 170 Å². The van der Waals surface area contributed by atoms with Gasteiger partial charge < -0.3 is 14.4 Å². The number of para-hydroxylation sites is 2. The second kappa shape index (κ2) is 10.5. The van der Waals surface area contributed by atoms with Gasteiger partial charge in [-0.05, 0) is 91.1 Å². The molecule has 0 fully saturated rings. The lowest BCUT2D eigenvalue weighted by atomic mass is 9.34. The van der Waals surface area contributed by atoms with E-state index in [1.165, 1.54) is 43.2 Å². The van der Waals surface area contributed by atoms with Crippen molar-refractivity contribution in [3.8, 4) is 23.0 Å². The van der Waals surface area contributed by atoms with Crippen LogP contribution in [0.5, 0.6) is 23.0 Å². The monoisotopic (exact) mass is 637 g/mol. The first-order valence-corrected chi connectivity index (χ1v) is 17.1. The molecule has 0 aromatic heterocycles. The van der Waals surface area contributed by atoms with Crippen molar-refractivity contribution in [1.82, 2.24) is 0 Å². The Morgan fingerprint density at radius 1 is 0.340 bits per heavy atom. The van der Waals surface area contributed by atoms with Gasteiger partial charge in [-0.3, -0.25) is 0 Å². The van der Waals surface area contributed by atoms with Gasteiger partial charge in [0, 0.05) is 28.3 Å². The van der Waals surface area contributed by atoms with Crippen LogP contribution in [0.4, 0.5) is 17.1 Å². The summed E-state index contributed by atoms with van der Waals surface area (Å²) in [6, 6.07) is 60.5. The highest BCUT2D eigenvalue weighted by Crippen LogP contribution is 2.45. The maximum atomic E-state index is 6.92. The van der Waals surface area contributed by atoms with Crippen LogP contribution in [-0.2, 0) is 0 Å². The Hall–Kier alpha value is -6.52. The van der Waals surface area contributed by atoms with Crippen LogP contribution >= 0.6 is 0 Å². The highest BCUT2D eigenvalue weighted by molar-refractivity contribution is 6.99. The summed E-state index contributed by atoms with van der Waals surface area (Å²) in [5.74, 6) is 3.44. The van der Waals surface area contributed by atoms with Crippen LogP contribution in [0.25, 0.3) is 43.1 Å². The van der Waals surface area contributed by atoms with Gasteiger partial charge in [0.2, 0.25) is 0 Å². The molecule has 0 N–H and O–H groups in total. The zero-order valence-corrected chi connectivity index (χ0v) is 27.0. The van der Waals surface area contributed by atoms with E-state index in [1.54, 1.807) is 0 Å². The van der Waals surface area contributed by atoms with Crippen molar-refractivity contribution in [2.45, 2.75) is 0 Å². The van der Waals surface area contributed by atoms with E-state index >= 15 is 0 Å². The van der Waals surface area contributed by atoms with E-state index in [2.05, 4.69) is 169 Å². The van der Waals surface area contributed by atoms with Crippen LogP contribution in [0.1, 0.15) is 0 Å². The summed E-state index contributed by atoms with van der Waals surface area (Å²) in [5.41, 5.74) is 6.65. The minimum atomic E-state index is -0.0795. The molecule has 0 aliphatic carbocycles. The normalized spacial score (nSPS) is 12.7. The number of rotatable bonds is 3. The first-order valence-electron chi connectivity index (χ1n) is 17.1. The van der Waals surface area contributed by atoms with Gasteiger partial charge in [-0.2, -0.15) is 0 Å². The molecule has 11 rings (SSSR count). The summed E-state index contributed by atoms with van der Waals surface area (Å²) in [6.07, 6.45) is 0. The van der Waals surface area contributed by atoms with Gasteiger partial charge >= 0.3 is 0 Å². The summed E-state index contributed by atoms with van der Waals surface area (Å²) in [7, 11) is 0. The van der Waals surface area contributed by atoms with Crippen molar-refractivity contribution < 1.29 is 9.47 Å². The number of fused-ring (bicyclic) bond motifs is 12. The van der Waals surface area contributed by atoms with Crippen LogP contribution in [0.3, 0.4) is 0 Å². The van der Waals surface area contributed by atoms with Crippen molar-refractivity contribution in [2.75, 3.05) is 4.90 Å². The molecule has 0 amide bonds. The van der Waals surface area contributed by atoms with Crippen molar-refractivity contribution >= 4 is 83.3 Å². The fourth-order valence-electron chi connectivity index (χ4n) is 8.44. The fraction of sp³-hybridized carbons (Fsp3) is 0. The molecule has 9 aromatic carbocycles. The lowest BCUT2D eigenvalue weighted by Gasteiger charge is -2.35. The van der Waals surface area contributed by atoms with E-state index in [4.69, 9.17) is 9.47 Å². The third-order valence-corrected chi connectivity index (χ3v) is 10.5. The molecule has 0 saturated heterocycles. The quantitative estimate of drug-likeness (QED) is 0.142. The zero-order valence-electron chi connectivity index (χ0n) is 27.0. The van der Waals surface area contributed by atoms with Crippen LogP contribution in [0, 0.1) is 0 Å². The molecule has 0 unspecified atom stereocenters. The van der Waals surface area contributed by atoms with Gasteiger partial charge in [0.15, 0.2) is 0 Å². The van der Waals surface area contributed by atoms with Gasteiger partial charge in [0.25, 0.3) is 6.71 Å². The van der Waals surface area contributed by atoms with Crippen LogP contribution in [-0.4, -0.2) is 6.71 Å². The molecule has 0 atom stereocenters. The van der Waals surface area contributed by atoms with E-state index in [0.717, 1.165) is 56.4 Å². The summed E-state index contributed by atoms with van der Waals surface area (Å²) in [6.45, 7) is -0.0795. The zero-order chi connectivity index (χ0) is 32.8. The molecule has 2 aliphatic rings. The topological polar surface area (TPSA) is 21.7 Å². The smallest absolute Gasteiger partial charge is 0.261 e. The minimum absolute atomic E-state index is 0.0795. The van der Waals surface area contributed by atoms with E-state index < -0.39 is 0 Å². The summed E-state index contributed by atoms with van der Waals surface area (Å²) in [4.78, 5) is 2.33. The highest BCUT2D eigenvalue weighted by atomic mass is 16.5. The second-order valence-corrected chi connectivity index (χ2v) is 13.2. The number of benzene rings is 9. The van der Waals surface area contributed by atoms with E-state index in [9.17, 15) is 0 Å². The molecule has 0 saturated carbocycles. The molecule has 50 heavy (non-hydrogen) atoms. The van der Waals surface area contributed by atoms with Gasteiger partial charge in [0.05, 0.1) is 5.69 Å². The molecular weight excluding hydrogens is 609 g/mol. The van der Waals surface area contributed by atoms with Gasteiger partial charge in [-0.25, -0.2) is 0 Å². The third kappa shape index (κ3) is 3.87. The number of nitrogens with zero attached hydrogens (tertiary/aromatic N) is 1. The highest BCUT2D eigenvalue weighted by Gasteiger charge is 2.42. The standard InChI is InChI=1S/C46H28BNO2/c1-3-14-29(15-4-1)48(30-16-5-2-6-17-30)40-28-44-45(36-23-12-11-22-35(36)40)47-39-26-37-33-20-9-7-18-31(33)32-19-8-10-21-34(32)38(37)27-43(39)49-41-24-13-25-42(50-44)46(41)47/h1-28H. The van der Waals surface area contributed by atoms with Gasteiger partial charge in [-0.15, -0.1) is 0 Å². The number of hydrogen-bond donors (Lipinski definition) is 0. The molecule has 232 valence electrons. The van der Waals surface area contributed by atoms with Crippen LogP contribution in [0.2, 0.25) is 0 Å². The van der Waals surface area contributed by atoms with E-state index in [-0.39, 0.29) is 6.71 Å². The van der Waals surface area contributed by atoms with Gasteiger partial charge in [0.1, 0.15) is 23.0 Å². The molecule has 0 radical (unpaired) electrons. The molecule has 9 aromatic rings. The molecule has 2 aliphatic heterocycles. The minimum Gasteiger partial charge on any atom is -0.458 e. The fourth-order valence-corrected chi connectivity index (χ4v) is 8.44. The Bertz CT molecular complexity index is 2790. The summed E-state index contributed by atoms with van der Waals surface area (Å²) >= 11 is 0. The van der Waals surface area contributed by atoms with E-state index in [1.807, 2.05) is 6.07 Å². The molecule has 0 spiro atoms. The lowest BCUT2D eigenvalue weighted by Crippen LogP contribution is -2.57.